The quantitative estimate of drug-likeness (QED) is 0.527. The molecular weight excluding hydrogens is 254 g/mol. The summed E-state index contributed by atoms with van der Waals surface area (Å²) in [7, 11) is 0. The summed E-state index contributed by atoms with van der Waals surface area (Å²) in [5, 5.41) is 14.0. The van der Waals surface area contributed by atoms with Gasteiger partial charge in [-0.05, 0) is 24.3 Å². The van der Waals surface area contributed by atoms with E-state index in [2.05, 4.69) is 25.3 Å². The minimum Gasteiger partial charge on any atom is -0.361 e. The second-order valence-electron chi connectivity index (χ2n) is 4.31. The third-order valence-corrected chi connectivity index (χ3v) is 3.05. The van der Waals surface area contributed by atoms with Crippen molar-refractivity contribution in [1.29, 1.82) is 0 Å². The van der Waals surface area contributed by atoms with Crippen molar-refractivity contribution in [3.63, 3.8) is 0 Å². The number of hydrogen-bond acceptors (Lipinski definition) is 3. The van der Waals surface area contributed by atoms with Gasteiger partial charge in [-0.2, -0.15) is 0 Å². The Morgan fingerprint density at radius 3 is 3.15 bits per heavy atom. The maximum Gasteiger partial charge on any atom is 0.414 e. The van der Waals surface area contributed by atoms with Crippen LogP contribution in [0.15, 0.2) is 55.4 Å². The van der Waals surface area contributed by atoms with E-state index in [9.17, 15) is 0 Å². The fourth-order valence-electron chi connectivity index (χ4n) is 2.08. The summed E-state index contributed by atoms with van der Waals surface area (Å²) < 4.78 is 1.65. The Labute approximate surface area is 113 Å². The zero-order valence-corrected chi connectivity index (χ0v) is 10.4. The van der Waals surface area contributed by atoms with Crippen molar-refractivity contribution in [2.24, 2.45) is 0 Å². The molecule has 20 heavy (non-hydrogen) atoms. The Kier molecular flexibility index (Phi) is 2.28. The van der Waals surface area contributed by atoms with Crippen LogP contribution in [0.3, 0.4) is 0 Å². The first-order valence-electron chi connectivity index (χ1n) is 6.14. The standard InChI is InChI=1S/C13H10N7/c1-2-12-10(3-4-15-12)7-11(1)20-16-8-13(18-20)19-6-5-14-9-17-19/h1-9,15H/q+1/p+1. The van der Waals surface area contributed by atoms with Crippen LogP contribution in [0.5, 0.6) is 0 Å². The van der Waals surface area contributed by atoms with Crippen molar-refractivity contribution < 1.29 is 9.67 Å². The SMILES string of the molecule is c1cc2cc(-n3ncc(-[n+]4cc[nH+]cn4)n3)ccc2[nH]1. The highest BCUT2D eigenvalue weighted by Gasteiger charge is 2.18. The highest BCUT2D eigenvalue weighted by Crippen LogP contribution is 2.16. The largest absolute Gasteiger partial charge is 0.414 e. The van der Waals surface area contributed by atoms with E-state index in [4.69, 9.17) is 0 Å². The van der Waals surface area contributed by atoms with Crippen LogP contribution in [0.4, 0.5) is 0 Å². The molecule has 4 aromatic rings. The molecule has 0 bridgehead atoms. The zero-order valence-electron chi connectivity index (χ0n) is 10.4. The van der Waals surface area contributed by atoms with Gasteiger partial charge in [-0.3, -0.25) is 0 Å². The van der Waals surface area contributed by atoms with Crippen LogP contribution in [0.2, 0.25) is 0 Å². The Bertz CT molecular complexity index is 862. The van der Waals surface area contributed by atoms with Gasteiger partial charge in [0.2, 0.25) is 0 Å². The Hall–Kier alpha value is -3.09. The van der Waals surface area contributed by atoms with Crippen LogP contribution in [0, 0.1) is 0 Å². The van der Waals surface area contributed by atoms with Crippen LogP contribution in [0.1, 0.15) is 0 Å². The molecule has 0 fully saturated rings. The highest BCUT2D eigenvalue weighted by atomic mass is 15.5. The molecule has 0 aliphatic carbocycles. The molecule has 0 saturated carbocycles. The van der Waals surface area contributed by atoms with Crippen molar-refractivity contribution in [2.75, 3.05) is 0 Å². The first-order valence-corrected chi connectivity index (χ1v) is 6.14. The van der Waals surface area contributed by atoms with E-state index in [-0.39, 0.29) is 0 Å². The summed E-state index contributed by atoms with van der Waals surface area (Å²) >= 11 is 0. The monoisotopic (exact) mass is 265 g/mol. The van der Waals surface area contributed by atoms with E-state index in [1.807, 2.05) is 30.5 Å². The lowest BCUT2D eigenvalue weighted by molar-refractivity contribution is -0.679. The predicted molar refractivity (Wildman–Crippen MR) is 69.1 cm³/mol. The lowest BCUT2D eigenvalue weighted by Gasteiger charge is -1.95. The van der Waals surface area contributed by atoms with E-state index in [0.717, 1.165) is 16.6 Å². The van der Waals surface area contributed by atoms with Crippen LogP contribution >= 0.6 is 0 Å². The molecule has 2 N–H and O–H groups in total. The summed E-state index contributed by atoms with van der Waals surface area (Å²) in [5.41, 5.74) is 2.00. The molecule has 3 heterocycles. The van der Waals surface area contributed by atoms with Gasteiger partial charge in [0, 0.05) is 21.8 Å². The molecule has 0 spiro atoms. The highest BCUT2D eigenvalue weighted by molar-refractivity contribution is 5.81. The van der Waals surface area contributed by atoms with Crippen LogP contribution in [0.25, 0.3) is 22.4 Å². The number of rotatable bonds is 2. The maximum absolute atomic E-state index is 4.42. The number of nitrogens with zero attached hydrogens (tertiary/aromatic N) is 5. The second-order valence-corrected chi connectivity index (χ2v) is 4.31. The van der Waals surface area contributed by atoms with Gasteiger partial charge in [-0.15, -0.1) is 5.10 Å². The van der Waals surface area contributed by atoms with Crippen molar-refractivity contribution in [1.82, 2.24) is 25.1 Å². The molecule has 7 nitrogen and oxygen atoms in total. The summed E-state index contributed by atoms with van der Waals surface area (Å²) in [6.45, 7) is 0. The van der Waals surface area contributed by atoms with Gasteiger partial charge < -0.3 is 4.98 Å². The second kappa shape index (κ2) is 4.23. The van der Waals surface area contributed by atoms with Crippen molar-refractivity contribution in [3.8, 4) is 11.5 Å². The average molecular weight is 265 g/mol. The summed E-state index contributed by atoms with van der Waals surface area (Å²) in [6, 6.07) is 8.04. The molecule has 0 aliphatic heterocycles. The fraction of sp³-hybridized carbons (Fsp3) is 0. The topological polar surface area (TPSA) is 77.4 Å². The third kappa shape index (κ3) is 1.72. The minimum absolute atomic E-state index is 0.660. The van der Waals surface area contributed by atoms with Crippen LogP contribution in [-0.4, -0.2) is 25.1 Å². The van der Waals surface area contributed by atoms with Crippen molar-refractivity contribution in [2.45, 2.75) is 0 Å². The fourth-order valence-corrected chi connectivity index (χ4v) is 2.08. The van der Waals surface area contributed by atoms with E-state index >= 15 is 0 Å². The molecule has 0 radical (unpaired) electrons. The number of benzene rings is 1. The van der Waals surface area contributed by atoms with E-state index in [0.29, 0.717) is 5.82 Å². The lowest BCUT2D eigenvalue weighted by Crippen LogP contribution is -2.37. The predicted octanol–water partition coefficient (Wildman–Crippen LogP) is 0.234. The molecule has 0 aliphatic rings. The van der Waals surface area contributed by atoms with Crippen molar-refractivity contribution in [3.05, 3.63) is 55.4 Å². The maximum atomic E-state index is 4.42. The van der Waals surface area contributed by atoms with E-state index < -0.39 is 0 Å². The third-order valence-electron chi connectivity index (χ3n) is 3.05. The van der Waals surface area contributed by atoms with Gasteiger partial charge in [0.25, 0.3) is 0 Å². The summed E-state index contributed by atoms with van der Waals surface area (Å²) in [6.07, 6.45) is 8.73. The van der Waals surface area contributed by atoms with E-state index in [1.165, 1.54) is 0 Å². The Balaban J connectivity index is 1.77. The van der Waals surface area contributed by atoms with Gasteiger partial charge in [0.1, 0.15) is 17.0 Å². The first-order chi connectivity index (χ1) is 9.90. The molecule has 4 rings (SSSR count). The minimum atomic E-state index is 0.660. The molecule has 0 amide bonds. The molecule has 7 heteroatoms. The number of aromatic nitrogens is 7. The molecule has 3 aromatic heterocycles. The van der Waals surface area contributed by atoms with Gasteiger partial charge in [0.05, 0.1) is 5.10 Å². The van der Waals surface area contributed by atoms with Gasteiger partial charge >= 0.3 is 12.1 Å². The molecule has 0 saturated heterocycles. The van der Waals surface area contributed by atoms with E-state index in [1.54, 1.807) is 34.4 Å². The number of fused-ring (bicyclic) bond motifs is 1. The van der Waals surface area contributed by atoms with Crippen molar-refractivity contribution >= 4 is 10.9 Å². The normalized spacial score (nSPS) is 11.0. The first kappa shape index (κ1) is 10.8. The summed E-state index contributed by atoms with van der Waals surface area (Å²) in [4.78, 5) is 7.62. The molecular formula is C13H11N7+2. The Morgan fingerprint density at radius 1 is 1.25 bits per heavy atom. The number of nitrogens with one attached hydrogen (secondary N) is 2. The van der Waals surface area contributed by atoms with Gasteiger partial charge in [0.15, 0.2) is 12.4 Å². The lowest BCUT2D eigenvalue weighted by atomic mass is 10.2. The molecule has 0 unspecified atom stereocenters. The van der Waals surface area contributed by atoms with Crippen LogP contribution < -0.4 is 9.67 Å². The average Bonchev–Trinajstić information content (AvgIpc) is 3.16. The number of aromatic amines is 2. The number of H-pyrrole nitrogens is 2. The number of hydrogen-bond donors (Lipinski definition) is 1. The van der Waals surface area contributed by atoms with Gasteiger partial charge in [-0.1, -0.05) is 4.80 Å². The molecule has 1 aromatic carbocycles. The smallest absolute Gasteiger partial charge is 0.361 e. The molecule has 0 atom stereocenters. The van der Waals surface area contributed by atoms with Gasteiger partial charge in [-0.25, -0.2) is 4.98 Å². The summed E-state index contributed by atoms with van der Waals surface area (Å²) in [5.74, 6) is 0.660. The van der Waals surface area contributed by atoms with Crippen LogP contribution in [-0.2, 0) is 0 Å². The zero-order chi connectivity index (χ0) is 13.4. The molecule has 96 valence electrons. The Morgan fingerprint density at radius 2 is 2.25 bits per heavy atom.